The molecular weight excluding hydrogens is 172 g/mol. The van der Waals surface area contributed by atoms with Crippen LogP contribution in [-0.2, 0) is 16.0 Å². The molecule has 1 aromatic rings. The number of hydrogen-bond donors (Lipinski definition) is 2. The van der Waals surface area contributed by atoms with Crippen LogP contribution in [0.4, 0.5) is 0 Å². The lowest BCUT2D eigenvalue weighted by molar-refractivity contribution is -0.143. The first-order chi connectivity index (χ1) is 6.33. The predicted octanol–water partition coefficient (Wildman–Crippen LogP) is -0.122. The van der Waals surface area contributed by atoms with Crippen LogP contribution in [-0.4, -0.2) is 34.5 Å². The molecule has 0 aliphatic rings. The SMILES string of the molecule is O=C(Cc1cc[nH]n1)OCCCO. The minimum absolute atomic E-state index is 0.0374. The molecule has 1 rings (SSSR count). The van der Waals surface area contributed by atoms with Gasteiger partial charge in [-0.25, -0.2) is 0 Å². The van der Waals surface area contributed by atoms with E-state index in [1.165, 1.54) is 0 Å². The first-order valence-corrected chi connectivity index (χ1v) is 4.08. The third-order valence-electron chi connectivity index (χ3n) is 1.45. The Balaban J connectivity index is 2.18. The van der Waals surface area contributed by atoms with Crippen molar-refractivity contribution in [3.05, 3.63) is 18.0 Å². The average molecular weight is 184 g/mol. The van der Waals surface area contributed by atoms with Gasteiger partial charge in [-0.15, -0.1) is 0 Å². The van der Waals surface area contributed by atoms with Crippen molar-refractivity contribution in [1.82, 2.24) is 10.2 Å². The number of aromatic nitrogens is 2. The molecule has 0 radical (unpaired) electrons. The highest BCUT2D eigenvalue weighted by molar-refractivity contribution is 5.71. The summed E-state index contributed by atoms with van der Waals surface area (Å²) in [6, 6.07) is 1.72. The molecule has 0 unspecified atom stereocenters. The van der Waals surface area contributed by atoms with Gasteiger partial charge in [-0.3, -0.25) is 9.89 Å². The fourth-order valence-electron chi connectivity index (χ4n) is 0.839. The second-order valence-corrected chi connectivity index (χ2v) is 2.54. The molecule has 2 N–H and O–H groups in total. The molecule has 1 heterocycles. The zero-order chi connectivity index (χ0) is 9.52. The summed E-state index contributed by atoms with van der Waals surface area (Å²) >= 11 is 0. The predicted molar refractivity (Wildman–Crippen MR) is 45.0 cm³/mol. The Kier molecular flexibility index (Phi) is 3.98. The Hall–Kier alpha value is -1.36. The normalized spacial score (nSPS) is 9.92. The Morgan fingerprint density at radius 1 is 1.69 bits per heavy atom. The van der Waals surface area contributed by atoms with Gasteiger partial charge in [0, 0.05) is 19.2 Å². The van der Waals surface area contributed by atoms with Gasteiger partial charge in [0.15, 0.2) is 0 Å². The minimum atomic E-state index is -0.319. The van der Waals surface area contributed by atoms with Gasteiger partial charge in [-0.2, -0.15) is 5.10 Å². The Bertz CT molecular complexity index is 246. The molecule has 0 spiro atoms. The molecule has 5 nitrogen and oxygen atoms in total. The van der Waals surface area contributed by atoms with E-state index in [1.807, 2.05) is 0 Å². The van der Waals surface area contributed by atoms with E-state index >= 15 is 0 Å². The van der Waals surface area contributed by atoms with Crippen molar-refractivity contribution < 1.29 is 14.6 Å². The third kappa shape index (κ3) is 3.71. The molecule has 0 aliphatic carbocycles. The maximum Gasteiger partial charge on any atom is 0.311 e. The molecule has 0 atom stereocenters. The number of nitrogens with one attached hydrogen (secondary N) is 1. The van der Waals surface area contributed by atoms with Crippen LogP contribution in [0.5, 0.6) is 0 Å². The van der Waals surface area contributed by atoms with Crippen LogP contribution in [0.15, 0.2) is 12.3 Å². The van der Waals surface area contributed by atoms with E-state index in [1.54, 1.807) is 12.3 Å². The molecular formula is C8H12N2O3. The van der Waals surface area contributed by atoms with Gasteiger partial charge in [0.1, 0.15) is 0 Å². The van der Waals surface area contributed by atoms with Crippen LogP contribution in [0.3, 0.4) is 0 Å². The topological polar surface area (TPSA) is 75.2 Å². The fraction of sp³-hybridized carbons (Fsp3) is 0.500. The number of carbonyl (C=O) groups is 1. The van der Waals surface area contributed by atoms with E-state index in [9.17, 15) is 4.79 Å². The summed E-state index contributed by atoms with van der Waals surface area (Å²) in [7, 11) is 0. The van der Waals surface area contributed by atoms with E-state index in [4.69, 9.17) is 9.84 Å². The molecule has 0 bridgehead atoms. The molecule has 0 saturated heterocycles. The number of aliphatic hydroxyl groups is 1. The van der Waals surface area contributed by atoms with Crippen LogP contribution in [0.1, 0.15) is 12.1 Å². The number of aromatic amines is 1. The van der Waals surface area contributed by atoms with Gasteiger partial charge in [0.2, 0.25) is 0 Å². The first-order valence-electron chi connectivity index (χ1n) is 4.08. The lowest BCUT2D eigenvalue weighted by Crippen LogP contribution is -2.10. The highest BCUT2D eigenvalue weighted by Gasteiger charge is 2.05. The van der Waals surface area contributed by atoms with E-state index in [2.05, 4.69) is 10.2 Å². The summed E-state index contributed by atoms with van der Waals surface area (Å²) in [5.41, 5.74) is 0.661. The van der Waals surface area contributed by atoms with Gasteiger partial charge < -0.3 is 9.84 Å². The number of carbonyl (C=O) groups excluding carboxylic acids is 1. The number of hydrogen-bond acceptors (Lipinski definition) is 4. The van der Waals surface area contributed by atoms with Gasteiger partial charge in [-0.05, 0) is 6.07 Å². The van der Waals surface area contributed by atoms with E-state index < -0.39 is 0 Å². The van der Waals surface area contributed by atoms with Crippen LogP contribution in [0.25, 0.3) is 0 Å². The summed E-state index contributed by atoms with van der Waals surface area (Å²) in [6.07, 6.45) is 2.30. The van der Waals surface area contributed by atoms with Crippen molar-refractivity contribution in [2.45, 2.75) is 12.8 Å². The van der Waals surface area contributed by atoms with Gasteiger partial charge in [-0.1, -0.05) is 0 Å². The molecule has 13 heavy (non-hydrogen) atoms. The Morgan fingerprint density at radius 2 is 2.54 bits per heavy atom. The lowest BCUT2D eigenvalue weighted by atomic mass is 10.3. The zero-order valence-corrected chi connectivity index (χ0v) is 7.19. The quantitative estimate of drug-likeness (QED) is 0.494. The molecule has 0 aliphatic heterocycles. The number of ether oxygens (including phenoxy) is 1. The van der Waals surface area contributed by atoms with Crippen LogP contribution < -0.4 is 0 Å². The van der Waals surface area contributed by atoms with Crippen molar-refractivity contribution in [3.63, 3.8) is 0 Å². The van der Waals surface area contributed by atoms with E-state index in [0.29, 0.717) is 12.1 Å². The third-order valence-corrected chi connectivity index (χ3v) is 1.45. The van der Waals surface area contributed by atoms with Crippen molar-refractivity contribution in [2.75, 3.05) is 13.2 Å². The molecule has 72 valence electrons. The zero-order valence-electron chi connectivity index (χ0n) is 7.19. The van der Waals surface area contributed by atoms with Crippen molar-refractivity contribution >= 4 is 5.97 Å². The van der Waals surface area contributed by atoms with Crippen LogP contribution in [0.2, 0.25) is 0 Å². The number of aliphatic hydroxyl groups excluding tert-OH is 1. The van der Waals surface area contributed by atoms with Crippen molar-refractivity contribution in [2.24, 2.45) is 0 Å². The standard InChI is InChI=1S/C8H12N2O3/c11-4-1-5-13-8(12)6-7-2-3-9-10-7/h2-3,11H,1,4-6H2,(H,9,10). The van der Waals surface area contributed by atoms with E-state index in [-0.39, 0.29) is 25.6 Å². The number of rotatable bonds is 5. The molecule has 1 aromatic heterocycles. The first kappa shape index (κ1) is 9.73. The summed E-state index contributed by atoms with van der Waals surface area (Å²) < 4.78 is 4.80. The number of nitrogens with zero attached hydrogens (tertiary/aromatic N) is 1. The largest absolute Gasteiger partial charge is 0.465 e. The second kappa shape index (κ2) is 5.31. The fourth-order valence-corrected chi connectivity index (χ4v) is 0.839. The summed E-state index contributed by atoms with van der Waals surface area (Å²) in [5, 5.41) is 14.8. The second-order valence-electron chi connectivity index (χ2n) is 2.54. The smallest absolute Gasteiger partial charge is 0.311 e. The molecule has 0 fully saturated rings. The van der Waals surface area contributed by atoms with Gasteiger partial charge >= 0.3 is 5.97 Å². The molecule has 0 aromatic carbocycles. The van der Waals surface area contributed by atoms with Gasteiger partial charge in [0.25, 0.3) is 0 Å². The molecule has 0 amide bonds. The van der Waals surface area contributed by atoms with Crippen LogP contribution >= 0.6 is 0 Å². The summed E-state index contributed by atoms with van der Waals surface area (Å²) in [6.45, 7) is 0.301. The summed E-state index contributed by atoms with van der Waals surface area (Å²) in [5.74, 6) is -0.319. The average Bonchev–Trinajstić information content (AvgIpc) is 2.57. The van der Waals surface area contributed by atoms with Crippen LogP contribution in [0, 0.1) is 0 Å². The minimum Gasteiger partial charge on any atom is -0.465 e. The van der Waals surface area contributed by atoms with Crippen molar-refractivity contribution in [1.29, 1.82) is 0 Å². The molecule has 0 saturated carbocycles. The summed E-state index contributed by atoms with van der Waals surface area (Å²) in [4.78, 5) is 11.0. The van der Waals surface area contributed by atoms with Gasteiger partial charge in [0.05, 0.1) is 18.7 Å². The maximum atomic E-state index is 11.0. The van der Waals surface area contributed by atoms with Crippen molar-refractivity contribution in [3.8, 4) is 0 Å². The van der Waals surface area contributed by atoms with E-state index in [0.717, 1.165) is 0 Å². The number of esters is 1. The monoisotopic (exact) mass is 184 g/mol. The maximum absolute atomic E-state index is 11.0. The lowest BCUT2D eigenvalue weighted by Gasteiger charge is -2.00. The highest BCUT2D eigenvalue weighted by Crippen LogP contribution is 1.95. The Labute approximate surface area is 75.7 Å². The number of H-pyrrole nitrogens is 1. The highest BCUT2D eigenvalue weighted by atomic mass is 16.5. The Morgan fingerprint density at radius 3 is 3.15 bits per heavy atom. The molecule has 5 heteroatoms.